The molecule has 1 aliphatic rings. The van der Waals surface area contributed by atoms with Crippen LogP contribution >= 0.6 is 0 Å². The summed E-state index contributed by atoms with van der Waals surface area (Å²) in [4.78, 5) is 34.7. The molecule has 1 fully saturated rings. The first-order chi connectivity index (χ1) is 11.1. The molecule has 0 aliphatic carbocycles. The number of carbonyl (C=O) groups is 2. The molecule has 118 valence electrons. The lowest BCUT2D eigenvalue weighted by atomic mass is 10.3. The molecular weight excluding hydrogens is 301 g/mol. The number of rotatable bonds is 4. The second kappa shape index (κ2) is 6.39. The number of anilines is 2. The Hall–Kier alpha value is -3.03. The van der Waals surface area contributed by atoms with E-state index in [0.29, 0.717) is 13.1 Å². The van der Waals surface area contributed by atoms with E-state index in [4.69, 9.17) is 0 Å². The van der Waals surface area contributed by atoms with E-state index >= 15 is 0 Å². The highest BCUT2D eigenvalue weighted by Gasteiger charge is 2.32. The number of para-hydroxylation sites is 1. The van der Waals surface area contributed by atoms with Gasteiger partial charge in [0, 0.05) is 25.5 Å². The molecule has 0 saturated carbocycles. The molecule has 23 heavy (non-hydrogen) atoms. The highest BCUT2D eigenvalue weighted by atomic mass is 19.1. The molecule has 2 aromatic rings. The topological polar surface area (TPSA) is 78.4 Å². The molecule has 0 radical (unpaired) electrons. The van der Waals surface area contributed by atoms with Gasteiger partial charge >= 0.3 is 6.03 Å². The molecular formula is C15H14FN5O2. The third-order valence-corrected chi connectivity index (χ3v) is 3.39. The number of hydrogen-bond donors (Lipinski definition) is 1. The van der Waals surface area contributed by atoms with E-state index in [2.05, 4.69) is 15.3 Å². The van der Waals surface area contributed by atoms with Gasteiger partial charge in [0.2, 0.25) is 11.9 Å². The van der Waals surface area contributed by atoms with Crippen LogP contribution in [-0.4, -0.2) is 46.4 Å². The third-order valence-electron chi connectivity index (χ3n) is 3.39. The van der Waals surface area contributed by atoms with Crippen molar-refractivity contribution in [1.29, 1.82) is 0 Å². The van der Waals surface area contributed by atoms with E-state index in [1.807, 2.05) is 0 Å². The molecule has 0 atom stereocenters. The third kappa shape index (κ3) is 3.25. The Balaban J connectivity index is 1.63. The first-order valence-electron chi connectivity index (χ1n) is 7.03. The van der Waals surface area contributed by atoms with Gasteiger partial charge in [0.15, 0.2) is 0 Å². The minimum atomic E-state index is -0.468. The highest BCUT2D eigenvalue weighted by molar-refractivity contribution is 5.98. The summed E-state index contributed by atoms with van der Waals surface area (Å²) in [5.74, 6) is -0.695. The summed E-state index contributed by atoms with van der Waals surface area (Å²) in [5, 5.41) is 2.51. The molecule has 0 spiro atoms. The second-order valence-corrected chi connectivity index (χ2v) is 4.93. The van der Waals surface area contributed by atoms with Crippen molar-refractivity contribution in [1.82, 2.24) is 14.9 Å². The monoisotopic (exact) mass is 315 g/mol. The van der Waals surface area contributed by atoms with Crippen LogP contribution in [0.5, 0.6) is 0 Å². The molecule has 1 aromatic heterocycles. The smallest absolute Gasteiger partial charge is 0.313 e. The van der Waals surface area contributed by atoms with Crippen LogP contribution in [0.15, 0.2) is 42.7 Å². The maximum Gasteiger partial charge on any atom is 0.325 e. The Bertz CT molecular complexity index is 725. The van der Waals surface area contributed by atoms with E-state index in [1.54, 1.807) is 18.2 Å². The molecule has 1 N–H and O–H groups in total. The lowest BCUT2D eigenvalue weighted by Gasteiger charge is -2.18. The SMILES string of the molecule is O=C(CN1CCN(c2ccccc2F)C1=O)Nc1ncccn1. The lowest BCUT2D eigenvalue weighted by Crippen LogP contribution is -2.37. The molecule has 0 bridgehead atoms. The number of nitrogens with zero attached hydrogens (tertiary/aromatic N) is 4. The van der Waals surface area contributed by atoms with Gasteiger partial charge in [-0.05, 0) is 18.2 Å². The van der Waals surface area contributed by atoms with Crippen molar-refractivity contribution in [3.05, 3.63) is 48.5 Å². The zero-order valence-corrected chi connectivity index (χ0v) is 12.1. The quantitative estimate of drug-likeness (QED) is 0.927. The minimum absolute atomic E-state index is 0.137. The maximum atomic E-state index is 13.8. The van der Waals surface area contributed by atoms with Crippen molar-refractivity contribution in [2.75, 3.05) is 29.9 Å². The molecule has 1 aliphatic heterocycles. The van der Waals surface area contributed by atoms with Crippen molar-refractivity contribution in [2.45, 2.75) is 0 Å². The van der Waals surface area contributed by atoms with Gasteiger partial charge in [0.05, 0.1) is 5.69 Å². The summed E-state index contributed by atoms with van der Waals surface area (Å²) in [6.45, 7) is 0.535. The molecule has 3 amide bonds. The average Bonchev–Trinajstić information content (AvgIpc) is 2.90. The van der Waals surface area contributed by atoms with Gasteiger partial charge in [0.25, 0.3) is 0 Å². The zero-order chi connectivity index (χ0) is 16.2. The number of aromatic nitrogens is 2. The fraction of sp³-hybridized carbons (Fsp3) is 0.200. The summed E-state index contributed by atoms with van der Waals surface area (Å²) in [5.41, 5.74) is 0.215. The summed E-state index contributed by atoms with van der Waals surface area (Å²) in [7, 11) is 0. The number of carbonyl (C=O) groups excluding carboxylic acids is 2. The number of hydrogen-bond acceptors (Lipinski definition) is 4. The number of amides is 3. The van der Waals surface area contributed by atoms with Gasteiger partial charge in [-0.25, -0.2) is 19.2 Å². The first-order valence-corrected chi connectivity index (χ1v) is 7.03. The van der Waals surface area contributed by atoms with Gasteiger partial charge < -0.3 is 4.90 Å². The van der Waals surface area contributed by atoms with Crippen LogP contribution in [-0.2, 0) is 4.79 Å². The number of urea groups is 1. The molecule has 3 rings (SSSR count). The van der Waals surface area contributed by atoms with Crippen molar-refractivity contribution < 1.29 is 14.0 Å². The molecule has 1 aromatic carbocycles. The Kier molecular flexibility index (Phi) is 4.13. The van der Waals surface area contributed by atoms with Crippen molar-refractivity contribution in [3.63, 3.8) is 0 Å². The van der Waals surface area contributed by atoms with Crippen LogP contribution in [0.25, 0.3) is 0 Å². The summed E-state index contributed by atoms with van der Waals surface area (Å²) >= 11 is 0. The van der Waals surface area contributed by atoms with Crippen molar-refractivity contribution in [2.24, 2.45) is 0 Å². The summed E-state index contributed by atoms with van der Waals surface area (Å²) in [6, 6.07) is 7.28. The Morgan fingerprint density at radius 2 is 1.91 bits per heavy atom. The summed E-state index contributed by atoms with van der Waals surface area (Å²) < 4.78 is 13.8. The lowest BCUT2D eigenvalue weighted by molar-refractivity contribution is -0.116. The van der Waals surface area contributed by atoms with Gasteiger partial charge in [-0.1, -0.05) is 12.1 Å². The molecule has 0 unspecified atom stereocenters. The Morgan fingerprint density at radius 1 is 1.17 bits per heavy atom. The van der Waals surface area contributed by atoms with Crippen LogP contribution in [0, 0.1) is 5.82 Å². The predicted molar refractivity (Wildman–Crippen MR) is 81.4 cm³/mol. The predicted octanol–water partition coefficient (Wildman–Crippen LogP) is 1.50. The van der Waals surface area contributed by atoms with Gasteiger partial charge in [-0.2, -0.15) is 0 Å². The average molecular weight is 315 g/mol. The van der Waals surface area contributed by atoms with Crippen molar-refractivity contribution in [3.8, 4) is 0 Å². The van der Waals surface area contributed by atoms with Crippen LogP contribution in [0.3, 0.4) is 0 Å². The molecule has 1 saturated heterocycles. The van der Waals surface area contributed by atoms with Gasteiger partial charge in [0.1, 0.15) is 12.4 Å². The summed E-state index contributed by atoms with van der Waals surface area (Å²) in [6.07, 6.45) is 3.01. The van der Waals surface area contributed by atoms with Crippen LogP contribution < -0.4 is 10.2 Å². The fourth-order valence-corrected chi connectivity index (χ4v) is 2.32. The van der Waals surface area contributed by atoms with Gasteiger partial charge in [-0.15, -0.1) is 0 Å². The largest absolute Gasteiger partial charge is 0.325 e. The van der Waals surface area contributed by atoms with Gasteiger partial charge in [-0.3, -0.25) is 15.0 Å². The van der Waals surface area contributed by atoms with E-state index in [9.17, 15) is 14.0 Å². The van der Waals surface area contributed by atoms with Crippen LogP contribution in [0.2, 0.25) is 0 Å². The molecule has 2 heterocycles. The van der Waals surface area contributed by atoms with E-state index in [1.165, 1.54) is 34.3 Å². The van der Waals surface area contributed by atoms with Crippen molar-refractivity contribution >= 4 is 23.6 Å². The number of nitrogens with one attached hydrogen (secondary N) is 1. The van der Waals surface area contributed by atoms with E-state index in [0.717, 1.165) is 0 Å². The van der Waals surface area contributed by atoms with E-state index < -0.39 is 17.8 Å². The normalized spacial score (nSPS) is 14.2. The van der Waals surface area contributed by atoms with Crippen LogP contribution in [0.4, 0.5) is 20.8 Å². The maximum absolute atomic E-state index is 13.8. The Labute approximate surface area is 131 Å². The standard InChI is InChI=1S/C15H14FN5O2/c16-11-4-1-2-5-12(11)21-9-8-20(15(21)23)10-13(22)19-14-17-6-3-7-18-14/h1-7H,8-10H2,(H,17,18,19,22). The minimum Gasteiger partial charge on any atom is -0.313 e. The number of benzene rings is 1. The van der Waals surface area contributed by atoms with Crippen LogP contribution in [0.1, 0.15) is 0 Å². The molecule has 8 heteroatoms. The van der Waals surface area contributed by atoms with E-state index in [-0.39, 0.29) is 18.2 Å². The highest BCUT2D eigenvalue weighted by Crippen LogP contribution is 2.23. The Morgan fingerprint density at radius 3 is 2.65 bits per heavy atom. The second-order valence-electron chi connectivity index (χ2n) is 4.93. The number of halogens is 1. The first kappa shape index (κ1) is 14.9. The zero-order valence-electron chi connectivity index (χ0n) is 12.1. The molecule has 7 nitrogen and oxygen atoms in total. The fourth-order valence-electron chi connectivity index (χ4n) is 2.32.